The van der Waals surface area contributed by atoms with E-state index in [1.54, 1.807) is 12.3 Å². The molecule has 1 aromatic heterocycles. The SMILES string of the molecule is CCCN(CCC)C(=O)c1ccc(NCc2ccc(Cl)cc2)cn1. The fraction of sp³-hybridized carbons (Fsp3) is 0.368. The summed E-state index contributed by atoms with van der Waals surface area (Å²) in [6.07, 6.45) is 3.61. The Kier molecular flexibility index (Phi) is 7.07. The Morgan fingerprint density at radius 2 is 1.75 bits per heavy atom. The number of amides is 1. The molecule has 0 radical (unpaired) electrons. The Morgan fingerprint density at radius 1 is 1.08 bits per heavy atom. The molecule has 128 valence electrons. The van der Waals surface area contributed by atoms with Crippen LogP contribution < -0.4 is 5.32 Å². The van der Waals surface area contributed by atoms with E-state index in [2.05, 4.69) is 24.1 Å². The number of nitrogens with zero attached hydrogens (tertiary/aromatic N) is 2. The van der Waals surface area contributed by atoms with Gasteiger partial charge in [-0.05, 0) is 42.7 Å². The molecule has 1 aromatic carbocycles. The van der Waals surface area contributed by atoms with Crippen LogP contribution in [0.4, 0.5) is 5.69 Å². The third-order valence-corrected chi connectivity index (χ3v) is 3.92. The highest BCUT2D eigenvalue weighted by molar-refractivity contribution is 6.30. The number of aromatic nitrogens is 1. The van der Waals surface area contributed by atoms with E-state index < -0.39 is 0 Å². The Hall–Kier alpha value is -2.07. The minimum atomic E-state index is 0.00273. The highest BCUT2D eigenvalue weighted by atomic mass is 35.5. The summed E-state index contributed by atoms with van der Waals surface area (Å²) in [5.41, 5.74) is 2.52. The number of nitrogens with one attached hydrogen (secondary N) is 1. The van der Waals surface area contributed by atoms with E-state index in [0.717, 1.165) is 42.2 Å². The third-order valence-electron chi connectivity index (χ3n) is 3.67. The smallest absolute Gasteiger partial charge is 0.272 e. The molecule has 2 rings (SSSR count). The molecule has 0 unspecified atom stereocenters. The Morgan fingerprint density at radius 3 is 2.29 bits per heavy atom. The first-order valence-electron chi connectivity index (χ1n) is 8.37. The maximum absolute atomic E-state index is 12.5. The quantitative estimate of drug-likeness (QED) is 0.759. The van der Waals surface area contributed by atoms with E-state index in [-0.39, 0.29) is 5.91 Å². The lowest BCUT2D eigenvalue weighted by Crippen LogP contribution is -2.33. The van der Waals surface area contributed by atoms with Crippen LogP contribution in [-0.2, 0) is 6.54 Å². The summed E-state index contributed by atoms with van der Waals surface area (Å²) in [6.45, 7) is 6.38. The maximum Gasteiger partial charge on any atom is 0.272 e. The van der Waals surface area contributed by atoms with Gasteiger partial charge in [0.05, 0.1) is 11.9 Å². The van der Waals surface area contributed by atoms with Crippen LogP contribution in [0.2, 0.25) is 5.02 Å². The van der Waals surface area contributed by atoms with Gasteiger partial charge in [0.1, 0.15) is 5.69 Å². The summed E-state index contributed by atoms with van der Waals surface area (Å²) >= 11 is 5.88. The lowest BCUT2D eigenvalue weighted by atomic mass is 10.2. The molecule has 0 fully saturated rings. The van der Waals surface area contributed by atoms with Gasteiger partial charge in [0.15, 0.2) is 0 Å². The molecule has 0 saturated carbocycles. The molecule has 24 heavy (non-hydrogen) atoms. The van der Waals surface area contributed by atoms with Crippen molar-refractivity contribution in [1.82, 2.24) is 9.88 Å². The highest BCUT2D eigenvalue weighted by Crippen LogP contribution is 2.13. The van der Waals surface area contributed by atoms with Crippen LogP contribution in [0, 0.1) is 0 Å². The van der Waals surface area contributed by atoms with Crippen LogP contribution in [0.25, 0.3) is 0 Å². The van der Waals surface area contributed by atoms with Crippen LogP contribution in [0.15, 0.2) is 42.6 Å². The largest absolute Gasteiger partial charge is 0.380 e. The van der Waals surface area contributed by atoms with Gasteiger partial charge < -0.3 is 10.2 Å². The Balaban J connectivity index is 1.96. The minimum Gasteiger partial charge on any atom is -0.380 e. The number of halogens is 1. The standard InChI is InChI=1S/C19H24ClN3O/c1-3-11-23(12-4-2)19(24)18-10-9-17(14-22-18)21-13-15-5-7-16(20)8-6-15/h5-10,14,21H,3-4,11-13H2,1-2H3. The van der Waals surface area contributed by atoms with Crippen LogP contribution in [0.5, 0.6) is 0 Å². The van der Waals surface area contributed by atoms with Crippen LogP contribution >= 0.6 is 11.6 Å². The molecular formula is C19H24ClN3O. The van der Waals surface area contributed by atoms with Gasteiger partial charge in [0.25, 0.3) is 5.91 Å². The molecule has 1 heterocycles. The lowest BCUT2D eigenvalue weighted by Gasteiger charge is -2.21. The van der Waals surface area contributed by atoms with E-state index >= 15 is 0 Å². The molecular weight excluding hydrogens is 322 g/mol. The molecule has 0 bridgehead atoms. The lowest BCUT2D eigenvalue weighted by molar-refractivity contribution is 0.0749. The monoisotopic (exact) mass is 345 g/mol. The van der Waals surface area contributed by atoms with Gasteiger partial charge >= 0.3 is 0 Å². The van der Waals surface area contributed by atoms with Gasteiger partial charge in [-0.25, -0.2) is 4.98 Å². The molecule has 0 aliphatic heterocycles. The zero-order valence-electron chi connectivity index (χ0n) is 14.3. The summed E-state index contributed by atoms with van der Waals surface area (Å²) in [4.78, 5) is 18.7. The molecule has 1 N–H and O–H groups in total. The fourth-order valence-electron chi connectivity index (χ4n) is 2.45. The van der Waals surface area contributed by atoms with Gasteiger partial charge in [-0.3, -0.25) is 4.79 Å². The van der Waals surface area contributed by atoms with Gasteiger partial charge in [-0.15, -0.1) is 0 Å². The zero-order chi connectivity index (χ0) is 17.4. The van der Waals surface area contributed by atoms with Crippen molar-refractivity contribution in [2.45, 2.75) is 33.2 Å². The van der Waals surface area contributed by atoms with Crippen molar-refractivity contribution in [3.8, 4) is 0 Å². The molecule has 1 amide bonds. The number of carbonyl (C=O) groups is 1. The second kappa shape index (κ2) is 9.28. The van der Waals surface area contributed by atoms with Crippen LogP contribution in [0.3, 0.4) is 0 Å². The van der Waals surface area contributed by atoms with Crippen molar-refractivity contribution >= 4 is 23.2 Å². The number of pyridine rings is 1. The summed E-state index contributed by atoms with van der Waals surface area (Å²) in [5, 5.41) is 4.02. The Bertz CT molecular complexity index is 635. The number of benzene rings is 1. The second-order valence-corrected chi connectivity index (χ2v) is 6.14. The number of hydrogen-bond donors (Lipinski definition) is 1. The Labute approximate surface area is 148 Å². The van der Waals surface area contributed by atoms with E-state index in [0.29, 0.717) is 12.2 Å². The summed E-state index contributed by atoms with van der Waals surface area (Å²) in [5.74, 6) is 0.00273. The average molecular weight is 346 g/mol. The van der Waals surface area contributed by atoms with Crippen molar-refractivity contribution in [3.05, 3.63) is 58.9 Å². The average Bonchev–Trinajstić information content (AvgIpc) is 2.61. The molecule has 0 aliphatic carbocycles. The van der Waals surface area contributed by atoms with Crippen molar-refractivity contribution in [2.24, 2.45) is 0 Å². The van der Waals surface area contributed by atoms with Crippen LogP contribution in [0.1, 0.15) is 42.7 Å². The molecule has 5 heteroatoms. The predicted molar refractivity (Wildman–Crippen MR) is 99.5 cm³/mol. The van der Waals surface area contributed by atoms with Gasteiger partial charge in [0.2, 0.25) is 0 Å². The maximum atomic E-state index is 12.5. The van der Waals surface area contributed by atoms with Gasteiger partial charge in [-0.2, -0.15) is 0 Å². The predicted octanol–water partition coefficient (Wildman–Crippen LogP) is 4.61. The fourth-order valence-corrected chi connectivity index (χ4v) is 2.57. The van der Waals surface area contributed by atoms with Crippen molar-refractivity contribution in [2.75, 3.05) is 18.4 Å². The topological polar surface area (TPSA) is 45.2 Å². The number of carbonyl (C=O) groups excluding carboxylic acids is 1. The van der Waals surface area contributed by atoms with Crippen molar-refractivity contribution in [3.63, 3.8) is 0 Å². The van der Waals surface area contributed by atoms with Gasteiger partial charge in [0, 0.05) is 24.7 Å². The van der Waals surface area contributed by atoms with E-state index in [1.807, 2.05) is 35.2 Å². The first kappa shape index (κ1) is 18.3. The van der Waals surface area contributed by atoms with E-state index in [4.69, 9.17) is 11.6 Å². The molecule has 4 nitrogen and oxygen atoms in total. The van der Waals surface area contributed by atoms with Crippen molar-refractivity contribution < 1.29 is 4.79 Å². The first-order chi connectivity index (χ1) is 11.6. The third kappa shape index (κ3) is 5.24. The van der Waals surface area contributed by atoms with Crippen molar-refractivity contribution in [1.29, 1.82) is 0 Å². The van der Waals surface area contributed by atoms with E-state index in [1.165, 1.54) is 0 Å². The molecule has 0 atom stereocenters. The normalized spacial score (nSPS) is 10.5. The van der Waals surface area contributed by atoms with E-state index in [9.17, 15) is 4.79 Å². The molecule has 2 aromatic rings. The molecule has 0 aliphatic rings. The number of anilines is 1. The number of rotatable bonds is 8. The summed E-state index contributed by atoms with van der Waals surface area (Å²) < 4.78 is 0. The second-order valence-electron chi connectivity index (χ2n) is 5.70. The zero-order valence-corrected chi connectivity index (χ0v) is 15.0. The van der Waals surface area contributed by atoms with Crippen LogP contribution in [-0.4, -0.2) is 28.9 Å². The first-order valence-corrected chi connectivity index (χ1v) is 8.75. The van der Waals surface area contributed by atoms with Gasteiger partial charge in [-0.1, -0.05) is 37.6 Å². The highest BCUT2D eigenvalue weighted by Gasteiger charge is 2.15. The number of hydrogen-bond acceptors (Lipinski definition) is 3. The summed E-state index contributed by atoms with van der Waals surface area (Å²) in [7, 11) is 0. The minimum absolute atomic E-state index is 0.00273. The molecule has 0 saturated heterocycles. The summed E-state index contributed by atoms with van der Waals surface area (Å²) in [6, 6.07) is 11.4. The molecule has 0 spiro atoms.